The molecule has 0 aromatic heterocycles. The molecule has 36 heavy (non-hydrogen) atoms. The highest BCUT2D eigenvalue weighted by Gasteiger charge is 2.51. The highest BCUT2D eigenvalue weighted by atomic mass is 32.2. The van der Waals surface area contributed by atoms with Crippen molar-refractivity contribution in [1.29, 1.82) is 0 Å². The molecule has 0 radical (unpaired) electrons. The quantitative estimate of drug-likeness (QED) is 0.533. The Bertz CT molecular complexity index is 1130. The molecule has 6 rings (SSSR count). The summed E-state index contributed by atoms with van der Waals surface area (Å²) >= 11 is 1.52. The van der Waals surface area contributed by atoms with E-state index >= 15 is 0 Å². The molecule has 1 aromatic rings. The van der Waals surface area contributed by atoms with Gasteiger partial charge in [-0.3, -0.25) is 14.5 Å². The normalized spacial score (nSPS) is 29.8. The number of carbonyl (C=O) groups excluding carboxylic acids is 3. The summed E-state index contributed by atoms with van der Waals surface area (Å²) in [5, 5.41) is 9.84. The summed E-state index contributed by atoms with van der Waals surface area (Å²) in [6.07, 6.45) is 7.53. The van der Waals surface area contributed by atoms with E-state index in [1.54, 1.807) is 4.90 Å². The van der Waals surface area contributed by atoms with E-state index in [4.69, 9.17) is 0 Å². The number of nitrogens with one attached hydrogen (secondary N) is 3. The summed E-state index contributed by atoms with van der Waals surface area (Å²) in [5.74, 6) is 0.359. The third-order valence-electron chi connectivity index (χ3n) is 8.32. The second-order valence-electron chi connectivity index (χ2n) is 10.4. The summed E-state index contributed by atoms with van der Waals surface area (Å²) in [6.45, 7) is 5.54. The second kappa shape index (κ2) is 9.59. The lowest BCUT2D eigenvalue weighted by atomic mass is 9.80. The number of benzene rings is 1. The Morgan fingerprint density at radius 3 is 2.81 bits per heavy atom. The van der Waals surface area contributed by atoms with Crippen LogP contribution in [-0.2, 0) is 9.59 Å². The first-order valence-electron chi connectivity index (χ1n) is 13.1. The second-order valence-corrected chi connectivity index (χ2v) is 11.6. The van der Waals surface area contributed by atoms with Crippen molar-refractivity contribution >= 4 is 35.3 Å². The Hall–Kier alpha value is -2.78. The molecule has 4 atom stereocenters. The molecule has 3 saturated heterocycles. The fourth-order valence-corrected chi connectivity index (χ4v) is 7.67. The summed E-state index contributed by atoms with van der Waals surface area (Å²) in [7, 11) is 0. The Kier molecular flexibility index (Phi) is 6.29. The van der Waals surface area contributed by atoms with Gasteiger partial charge in [-0.25, -0.2) is 4.79 Å². The Balaban J connectivity index is 1.23. The Labute approximate surface area is 215 Å². The lowest BCUT2D eigenvalue weighted by molar-refractivity contribution is -0.128. The predicted molar refractivity (Wildman–Crippen MR) is 140 cm³/mol. The van der Waals surface area contributed by atoms with E-state index in [1.165, 1.54) is 42.7 Å². The molecular formula is C27H33N5O3S. The number of hydrogen-bond donors (Lipinski definition) is 3. The highest BCUT2D eigenvalue weighted by Crippen LogP contribution is 2.48. The van der Waals surface area contributed by atoms with Crippen LogP contribution in [0, 0.1) is 5.92 Å². The van der Waals surface area contributed by atoms with Gasteiger partial charge in [-0.15, -0.1) is 0 Å². The van der Waals surface area contributed by atoms with Gasteiger partial charge in [-0.1, -0.05) is 36.9 Å². The first kappa shape index (κ1) is 23.6. The number of thioether (sulfide) groups is 1. The minimum atomic E-state index is -0.163. The Morgan fingerprint density at radius 2 is 2.03 bits per heavy atom. The number of piperidine rings is 2. The van der Waals surface area contributed by atoms with E-state index in [0.29, 0.717) is 23.9 Å². The SMILES string of the molecule is C=CC(=O)N1CCC[C@@H](NC(=O)C2=C3NC(=O)N(c4cccc(C5CCC5)c4)C4CCNC(S2)C34)C1. The van der Waals surface area contributed by atoms with Gasteiger partial charge in [0.15, 0.2) is 0 Å². The maximum Gasteiger partial charge on any atom is 0.326 e. The summed E-state index contributed by atoms with van der Waals surface area (Å²) in [4.78, 5) is 43.2. The van der Waals surface area contributed by atoms with Crippen LogP contribution in [0.15, 0.2) is 47.5 Å². The fraction of sp³-hybridized carbons (Fsp3) is 0.519. The Morgan fingerprint density at radius 1 is 1.17 bits per heavy atom. The first-order valence-corrected chi connectivity index (χ1v) is 14.0. The van der Waals surface area contributed by atoms with Crippen molar-refractivity contribution in [3.8, 4) is 0 Å². The van der Waals surface area contributed by atoms with E-state index in [1.807, 2.05) is 11.0 Å². The highest BCUT2D eigenvalue weighted by molar-refractivity contribution is 8.04. The number of amides is 4. The van der Waals surface area contributed by atoms with E-state index in [-0.39, 0.29) is 41.2 Å². The van der Waals surface area contributed by atoms with Crippen LogP contribution in [0.1, 0.15) is 50.0 Å². The van der Waals surface area contributed by atoms with Gasteiger partial charge in [-0.05, 0) is 68.3 Å². The number of hydrogen-bond acceptors (Lipinski definition) is 5. The number of likely N-dealkylation sites (tertiary alicyclic amines) is 1. The van der Waals surface area contributed by atoms with Crippen molar-refractivity contribution in [2.24, 2.45) is 5.92 Å². The minimum Gasteiger partial charge on any atom is -0.347 e. The fourth-order valence-electron chi connectivity index (χ4n) is 6.27. The predicted octanol–water partition coefficient (Wildman–Crippen LogP) is 3.04. The minimum absolute atomic E-state index is 0.00447. The molecule has 3 N–H and O–H groups in total. The number of urea groups is 1. The van der Waals surface area contributed by atoms with Gasteiger partial charge in [0.05, 0.1) is 16.3 Å². The smallest absolute Gasteiger partial charge is 0.326 e. The van der Waals surface area contributed by atoms with Crippen LogP contribution in [0.4, 0.5) is 10.5 Å². The number of rotatable bonds is 5. The molecule has 4 heterocycles. The van der Waals surface area contributed by atoms with Crippen LogP contribution < -0.4 is 20.9 Å². The largest absolute Gasteiger partial charge is 0.347 e. The number of carbonyl (C=O) groups is 3. The van der Waals surface area contributed by atoms with E-state index in [0.717, 1.165) is 37.2 Å². The molecule has 0 spiro atoms. The van der Waals surface area contributed by atoms with Crippen LogP contribution in [0.25, 0.3) is 0 Å². The van der Waals surface area contributed by atoms with Crippen molar-refractivity contribution in [2.75, 3.05) is 24.5 Å². The molecule has 0 bridgehead atoms. The van der Waals surface area contributed by atoms with Crippen molar-refractivity contribution in [3.63, 3.8) is 0 Å². The van der Waals surface area contributed by atoms with Gasteiger partial charge in [0.1, 0.15) is 0 Å². The van der Waals surface area contributed by atoms with Crippen LogP contribution in [0.5, 0.6) is 0 Å². The molecule has 9 heteroatoms. The molecule has 3 unspecified atom stereocenters. The van der Waals surface area contributed by atoms with Gasteiger partial charge in [0.2, 0.25) is 5.91 Å². The van der Waals surface area contributed by atoms with Crippen molar-refractivity contribution in [3.05, 3.63) is 53.1 Å². The summed E-state index contributed by atoms with van der Waals surface area (Å²) in [6, 6.07) is 8.19. The van der Waals surface area contributed by atoms with Crippen molar-refractivity contribution < 1.29 is 14.4 Å². The summed E-state index contributed by atoms with van der Waals surface area (Å²) in [5.41, 5.74) is 3.00. The lowest BCUT2D eigenvalue weighted by Gasteiger charge is -2.46. The first-order chi connectivity index (χ1) is 17.5. The monoisotopic (exact) mass is 507 g/mol. The molecule has 8 nitrogen and oxygen atoms in total. The third kappa shape index (κ3) is 4.12. The molecular weight excluding hydrogens is 474 g/mol. The molecule has 5 aliphatic rings. The van der Waals surface area contributed by atoms with E-state index < -0.39 is 0 Å². The van der Waals surface area contributed by atoms with Gasteiger partial charge in [0.25, 0.3) is 5.91 Å². The molecule has 4 amide bonds. The molecule has 4 aliphatic heterocycles. The van der Waals surface area contributed by atoms with Gasteiger partial charge in [-0.2, -0.15) is 0 Å². The van der Waals surface area contributed by atoms with Crippen molar-refractivity contribution in [1.82, 2.24) is 20.9 Å². The van der Waals surface area contributed by atoms with Crippen LogP contribution in [-0.4, -0.2) is 59.8 Å². The zero-order valence-electron chi connectivity index (χ0n) is 20.4. The van der Waals surface area contributed by atoms with Crippen LogP contribution in [0.2, 0.25) is 0 Å². The average Bonchev–Trinajstić information content (AvgIpc) is 3.22. The number of anilines is 1. The standard InChI is InChI=1S/C27H33N5O3S/c1-2-21(33)31-13-5-9-18(15-31)29-25(34)24-23-22-20(11-12-28-26(22)36-24)32(27(35)30-23)19-10-4-8-17(14-19)16-6-3-7-16/h2,4,8,10,14,16,18,20,22,26,28H,1,3,5-7,9,11-13,15H2,(H,29,34)(H,30,35)/t18-,20?,22?,26?/m1/s1. The molecule has 1 aromatic carbocycles. The van der Waals surface area contributed by atoms with Crippen LogP contribution in [0.3, 0.4) is 0 Å². The topological polar surface area (TPSA) is 93.8 Å². The molecule has 1 saturated carbocycles. The molecule has 190 valence electrons. The maximum atomic E-state index is 13.5. The van der Waals surface area contributed by atoms with E-state index in [2.05, 4.69) is 40.7 Å². The van der Waals surface area contributed by atoms with Crippen LogP contribution >= 0.6 is 11.8 Å². The zero-order chi connectivity index (χ0) is 24.8. The lowest BCUT2D eigenvalue weighted by Crippen LogP contribution is -2.62. The number of nitrogens with zero attached hydrogens (tertiary/aromatic N) is 2. The van der Waals surface area contributed by atoms with Gasteiger partial charge < -0.3 is 20.9 Å². The zero-order valence-corrected chi connectivity index (χ0v) is 21.2. The van der Waals surface area contributed by atoms with Crippen molar-refractivity contribution in [2.45, 2.75) is 61.9 Å². The third-order valence-corrected chi connectivity index (χ3v) is 9.67. The average molecular weight is 508 g/mol. The molecule has 1 aliphatic carbocycles. The summed E-state index contributed by atoms with van der Waals surface area (Å²) < 4.78 is 0. The van der Waals surface area contributed by atoms with Gasteiger partial charge >= 0.3 is 6.03 Å². The van der Waals surface area contributed by atoms with E-state index in [9.17, 15) is 14.4 Å². The maximum absolute atomic E-state index is 13.5. The van der Waals surface area contributed by atoms with Gasteiger partial charge in [0, 0.05) is 36.4 Å². The molecule has 4 fully saturated rings.